The molecular formula is C15H27ClO4. The number of carbonyl (C=O) groups excluding carboxylic acids is 1. The average Bonchev–Trinajstić information content (AvgIpc) is 2.35. The van der Waals surface area contributed by atoms with Crippen molar-refractivity contribution in [2.24, 2.45) is 0 Å². The molecule has 0 bridgehead atoms. The van der Waals surface area contributed by atoms with Gasteiger partial charge in [-0.1, -0.05) is 13.8 Å². The van der Waals surface area contributed by atoms with Gasteiger partial charge in [0.1, 0.15) is 5.60 Å². The molecule has 0 spiro atoms. The summed E-state index contributed by atoms with van der Waals surface area (Å²) in [6.07, 6.45) is 2.09. The Hall–Kier alpha value is -0.320. The van der Waals surface area contributed by atoms with E-state index in [1.807, 2.05) is 34.6 Å². The number of hydrogen-bond donors (Lipinski definition) is 0. The molecule has 20 heavy (non-hydrogen) atoms. The zero-order chi connectivity index (χ0) is 15.4. The van der Waals surface area contributed by atoms with Gasteiger partial charge < -0.3 is 14.2 Å². The highest BCUT2D eigenvalue weighted by Crippen LogP contribution is 2.34. The standard InChI is InChI=1S/C15H27ClO4/c1-6-15(7-2)18-11(8-12(10-16)19-15)9-13(17)20-14(3,4)5/h11-12H,6-10H2,1-5H3. The van der Waals surface area contributed by atoms with Crippen molar-refractivity contribution in [1.29, 1.82) is 0 Å². The lowest BCUT2D eigenvalue weighted by atomic mass is 10.0. The summed E-state index contributed by atoms with van der Waals surface area (Å²) in [5.41, 5.74) is -0.471. The van der Waals surface area contributed by atoms with E-state index in [-0.39, 0.29) is 24.6 Å². The van der Waals surface area contributed by atoms with Crippen LogP contribution in [0.2, 0.25) is 0 Å². The fourth-order valence-electron chi connectivity index (χ4n) is 2.40. The molecule has 1 heterocycles. The van der Waals surface area contributed by atoms with Crippen molar-refractivity contribution >= 4 is 17.6 Å². The quantitative estimate of drug-likeness (QED) is 0.574. The lowest BCUT2D eigenvalue weighted by Gasteiger charge is -2.43. The number of carbonyl (C=O) groups is 1. The highest BCUT2D eigenvalue weighted by atomic mass is 35.5. The number of halogens is 1. The third-order valence-corrected chi connectivity index (χ3v) is 3.70. The van der Waals surface area contributed by atoms with E-state index in [4.69, 9.17) is 25.8 Å². The van der Waals surface area contributed by atoms with Crippen molar-refractivity contribution < 1.29 is 19.0 Å². The van der Waals surface area contributed by atoms with Crippen molar-refractivity contribution in [1.82, 2.24) is 0 Å². The van der Waals surface area contributed by atoms with Gasteiger partial charge in [0, 0.05) is 12.3 Å². The molecule has 1 rings (SSSR count). The van der Waals surface area contributed by atoms with E-state index in [2.05, 4.69) is 0 Å². The minimum atomic E-state index is -0.621. The third kappa shape index (κ3) is 5.23. The van der Waals surface area contributed by atoms with Crippen LogP contribution in [-0.2, 0) is 19.0 Å². The first kappa shape index (κ1) is 17.7. The second-order valence-corrected chi connectivity index (χ2v) is 6.59. The Morgan fingerprint density at radius 1 is 1.25 bits per heavy atom. The molecule has 0 aromatic carbocycles. The topological polar surface area (TPSA) is 44.8 Å². The summed E-state index contributed by atoms with van der Waals surface area (Å²) in [6.45, 7) is 9.62. The van der Waals surface area contributed by atoms with Gasteiger partial charge in [-0.05, 0) is 33.6 Å². The maximum atomic E-state index is 11.9. The van der Waals surface area contributed by atoms with Crippen LogP contribution in [-0.4, -0.2) is 35.4 Å². The lowest BCUT2D eigenvalue weighted by Crippen LogP contribution is -2.49. The van der Waals surface area contributed by atoms with E-state index in [0.717, 1.165) is 12.8 Å². The van der Waals surface area contributed by atoms with Crippen LogP contribution in [0.4, 0.5) is 0 Å². The average molecular weight is 307 g/mol. The minimum Gasteiger partial charge on any atom is -0.460 e. The summed E-state index contributed by atoms with van der Waals surface area (Å²) in [5.74, 6) is -0.445. The first-order valence-electron chi connectivity index (χ1n) is 7.37. The van der Waals surface area contributed by atoms with Gasteiger partial charge in [0.25, 0.3) is 0 Å². The van der Waals surface area contributed by atoms with Gasteiger partial charge in [-0.2, -0.15) is 0 Å². The summed E-state index contributed by atoms with van der Waals surface area (Å²) < 4.78 is 17.3. The minimum absolute atomic E-state index is 0.0715. The monoisotopic (exact) mass is 306 g/mol. The van der Waals surface area contributed by atoms with Gasteiger partial charge in [0.2, 0.25) is 0 Å². The lowest BCUT2D eigenvalue weighted by molar-refractivity contribution is -0.316. The van der Waals surface area contributed by atoms with Gasteiger partial charge in [0.15, 0.2) is 5.79 Å². The predicted molar refractivity (Wildman–Crippen MR) is 78.9 cm³/mol. The summed E-state index contributed by atoms with van der Waals surface area (Å²) in [7, 11) is 0. The van der Waals surface area contributed by atoms with Crippen molar-refractivity contribution in [2.45, 2.75) is 83.9 Å². The maximum absolute atomic E-state index is 11.9. The Morgan fingerprint density at radius 2 is 1.80 bits per heavy atom. The van der Waals surface area contributed by atoms with E-state index in [9.17, 15) is 4.79 Å². The fraction of sp³-hybridized carbons (Fsp3) is 0.933. The van der Waals surface area contributed by atoms with E-state index in [1.165, 1.54) is 0 Å². The van der Waals surface area contributed by atoms with E-state index < -0.39 is 11.4 Å². The van der Waals surface area contributed by atoms with Gasteiger partial charge in [-0.15, -0.1) is 11.6 Å². The Morgan fingerprint density at radius 3 is 2.25 bits per heavy atom. The first-order valence-corrected chi connectivity index (χ1v) is 7.90. The van der Waals surface area contributed by atoms with Crippen LogP contribution >= 0.6 is 11.6 Å². The summed E-state index contributed by atoms with van der Waals surface area (Å²) in [6, 6.07) is 0. The summed E-state index contributed by atoms with van der Waals surface area (Å²) in [5, 5.41) is 0. The number of alkyl halides is 1. The van der Waals surface area contributed by atoms with Crippen LogP contribution in [0.5, 0.6) is 0 Å². The van der Waals surface area contributed by atoms with E-state index >= 15 is 0 Å². The van der Waals surface area contributed by atoms with Gasteiger partial charge in [-0.25, -0.2) is 0 Å². The van der Waals surface area contributed by atoms with Crippen LogP contribution in [0.3, 0.4) is 0 Å². The molecule has 0 aromatic heterocycles. The Labute approximate surface area is 127 Å². The molecule has 5 heteroatoms. The zero-order valence-electron chi connectivity index (χ0n) is 13.2. The van der Waals surface area contributed by atoms with Gasteiger partial charge >= 0.3 is 5.97 Å². The Kier molecular flexibility index (Phi) is 6.29. The second kappa shape index (κ2) is 7.10. The van der Waals surface area contributed by atoms with Crippen molar-refractivity contribution in [3.05, 3.63) is 0 Å². The molecule has 0 radical (unpaired) electrons. The smallest absolute Gasteiger partial charge is 0.308 e. The molecule has 4 nitrogen and oxygen atoms in total. The molecule has 0 saturated carbocycles. The third-order valence-electron chi connectivity index (χ3n) is 3.35. The van der Waals surface area contributed by atoms with Crippen LogP contribution in [0.1, 0.15) is 60.3 Å². The van der Waals surface area contributed by atoms with Crippen LogP contribution in [0, 0.1) is 0 Å². The molecule has 118 valence electrons. The van der Waals surface area contributed by atoms with Gasteiger partial charge in [0.05, 0.1) is 18.6 Å². The summed E-state index contributed by atoms with van der Waals surface area (Å²) >= 11 is 5.93. The number of ether oxygens (including phenoxy) is 3. The van der Waals surface area contributed by atoms with Crippen molar-refractivity contribution in [3.63, 3.8) is 0 Å². The van der Waals surface area contributed by atoms with Crippen LogP contribution in [0.25, 0.3) is 0 Å². The van der Waals surface area contributed by atoms with Gasteiger partial charge in [-0.3, -0.25) is 4.79 Å². The number of rotatable bonds is 5. The van der Waals surface area contributed by atoms with Crippen LogP contribution in [0.15, 0.2) is 0 Å². The second-order valence-electron chi connectivity index (χ2n) is 6.28. The SMILES string of the molecule is CCC1(CC)OC(CCl)CC(CC(=O)OC(C)(C)C)O1. The van der Waals surface area contributed by atoms with E-state index in [1.54, 1.807) is 0 Å². The fourth-order valence-corrected chi connectivity index (χ4v) is 2.59. The normalized spacial score (nSPS) is 26.3. The largest absolute Gasteiger partial charge is 0.460 e. The zero-order valence-corrected chi connectivity index (χ0v) is 14.0. The molecule has 2 atom stereocenters. The first-order chi connectivity index (χ1) is 9.23. The van der Waals surface area contributed by atoms with Crippen molar-refractivity contribution in [3.8, 4) is 0 Å². The molecule has 0 aromatic rings. The molecule has 2 unspecified atom stereocenters. The Bertz CT molecular complexity index is 320. The molecule has 1 aliphatic heterocycles. The molecule has 1 fully saturated rings. The number of hydrogen-bond acceptors (Lipinski definition) is 4. The van der Waals surface area contributed by atoms with Crippen LogP contribution < -0.4 is 0 Å². The highest BCUT2D eigenvalue weighted by molar-refractivity contribution is 6.18. The van der Waals surface area contributed by atoms with Crippen molar-refractivity contribution in [2.75, 3.05) is 5.88 Å². The molecule has 0 aliphatic carbocycles. The Balaban J connectivity index is 2.67. The molecule has 1 saturated heterocycles. The molecular weight excluding hydrogens is 280 g/mol. The maximum Gasteiger partial charge on any atom is 0.308 e. The summed E-state index contributed by atoms with van der Waals surface area (Å²) in [4.78, 5) is 11.9. The number of esters is 1. The molecule has 0 N–H and O–H groups in total. The highest BCUT2D eigenvalue weighted by Gasteiger charge is 2.40. The molecule has 0 amide bonds. The molecule has 1 aliphatic rings. The predicted octanol–water partition coefficient (Wildman–Crippen LogP) is 3.65. The van der Waals surface area contributed by atoms with E-state index in [0.29, 0.717) is 12.3 Å².